The van der Waals surface area contributed by atoms with Crippen LogP contribution in [-0.4, -0.2) is 173 Å². The minimum Gasteiger partial charge on any atom is -0.490 e. The molecule has 0 saturated heterocycles. The van der Waals surface area contributed by atoms with Gasteiger partial charge in [-0.15, -0.1) is 0 Å². The molecule has 0 radical (unpaired) electrons. The van der Waals surface area contributed by atoms with Gasteiger partial charge in [0.2, 0.25) is 10.0 Å². The first-order chi connectivity index (χ1) is 48.2. The molecular weight excluding hydrogens is 1360 g/mol. The van der Waals surface area contributed by atoms with Crippen molar-refractivity contribution in [3.05, 3.63) is 141 Å². The van der Waals surface area contributed by atoms with Gasteiger partial charge < -0.3 is 52.4 Å². The highest BCUT2D eigenvalue weighted by Gasteiger charge is 2.47. The first kappa shape index (κ1) is 78.4. The number of nitrogens with zero attached hydrogens (tertiary/aromatic N) is 2. The Labute approximate surface area is 611 Å². The van der Waals surface area contributed by atoms with E-state index in [-0.39, 0.29) is 53.5 Å². The highest BCUT2D eigenvalue weighted by Crippen LogP contribution is 2.50. The minimum atomic E-state index is -3.93. The number of carbonyl (C=O) groups excluding carboxylic acids is 2. The van der Waals surface area contributed by atoms with Crippen LogP contribution >= 0.6 is 23.2 Å². The van der Waals surface area contributed by atoms with Crippen molar-refractivity contribution < 1.29 is 64.8 Å². The summed E-state index contributed by atoms with van der Waals surface area (Å²) in [5, 5.41) is 0.444. The number of anilines is 2. The Morgan fingerprint density at radius 3 is 1.50 bits per heavy atom. The van der Waals surface area contributed by atoms with E-state index < -0.39 is 30.9 Å². The summed E-state index contributed by atoms with van der Waals surface area (Å²) in [6, 6.07) is 23.4. The predicted octanol–water partition coefficient (Wildman–Crippen LogP) is 13.2. The number of rotatable bonds is 18. The molecule has 2 fully saturated rings. The Balaban J connectivity index is 0.000000218. The standard InChI is InChI=1S/C42H59ClN2O8S.C36H47ClN2O6S.CH4/c1-30-7-5-9-39(52-24-23-51-22-21-50-20-19-49-18-17-48-3)36-13-10-34(36)27-45-28-42(16-6-8-32-25-35(43)12-14-37(32)42)29-53-40-15-11-33(26-38(40)45)41(46)44-54(4,47)31(30)2;1-4-34-24(2)7-5-9-32(44-18-17-43-3)29-13-10-27(29)21-39-22-36(16-6-8-25-19-28(37)12-14-30(25)36)23-45-33-15-11-26(20-31(33)39)35(40)38-46(34,41)42;/h5,9,11-12,14-15,25-26,30-31,34,36,39H,4,6-8,10,13,16-24,27-29H2,1-3H3,(H,44,46,47);5,9,11-12,14-15,19-20,24,27,29,32,34H,4,6-8,10,13,16-18,21-23H2,1-3H3,(H,38,40);1H4/b2*9-5+;/t30-,31+,34-,36+,39-,42-,54?;24-,27-,29+,32-,34+,36-;/m00./s1. The van der Waals surface area contributed by atoms with E-state index in [0.29, 0.717) is 139 Å². The largest absolute Gasteiger partial charge is 0.490 e. The molecule has 4 aromatic carbocycles. The molecule has 2 N–H and O–H groups in total. The van der Waals surface area contributed by atoms with Gasteiger partial charge in [-0.3, -0.25) is 14.3 Å². The zero-order valence-electron chi connectivity index (χ0n) is 59.4. The van der Waals surface area contributed by atoms with E-state index in [1.165, 1.54) is 22.3 Å². The minimum absolute atomic E-state index is 0. The molecule has 2 spiro atoms. The van der Waals surface area contributed by atoms with Gasteiger partial charge in [0.1, 0.15) is 11.5 Å². The summed E-state index contributed by atoms with van der Waals surface area (Å²) in [7, 11) is -3.55. The van der Waals surface area contributed by atoms with E-state index in [9.17, 15) is 22.2 Å². The molecule has 0 aromatic heterocycles. The van der Waals surface area contributed by atoms with E-state index in [1.807, 2.05) is 57.2 Å². The summed E-state index contributed by atoms with van der Waals surface area (Å²) in [6.07, 6.45) is 20.4. The molecule has 4 aromatic rings. The normalized spacial score (nSPS) is 30.5. The topological polar surface area (TPSA) is 199 Å². The van der Waals surface area contributed by atoms with Crippen LogP contribution in [0.5, 0.6) is 11.5 Å². The van der Waals surface area contributed by atoms with Crippen molar-refractivity contribution in [3.63, 3.8) is 0 Å². The quantitative estimate of drug-likeness (QED) is 0.0541. The van der Waals surface area contributed by atoms with Crippen LogP contribution in [0.1, 0.15) is 149 Å². The molecular formula is C79H110Cl2N4O14S2. The fourth-order valence-corrected chi connectivity index (χ4v) is 20.1. The number of allylic oxidation sites excluding steroid dienone is 2. The molecule has 13 atom stereocenters. The van der Waals surface area contributed by atoms with E-state index in [0.717, 1.165) is 118 Å². The van der Waals surface area contributed by atoms with Crippen molar-refractivity contribution in [3.8, 4) is 11.5 Å². The summed E-state index contributed by atoms with van der Waals surface area (Å²) in [5.74, 6) is 5.71. The third-order valence-corrected chi connectivity index (χ3v) is 27.4. The van der Waals surface area contributed by atoms with Gasteiger partial charge in [0.05, 0.1) is 118 Å². The van der Waals surface area contributed by atoms with Crippen molar-refractivity contribution >= 4 is 72.0 Å². The number of methoxy groups -OCH3 is 2. The highest BCUT2D eigenvalue weighted by molar-refractivity contribution is 7.99. The van der Waals surface area contributed by atoms with Crippen molar-refractivity contribution in [2.24, 2.45) is 35.5 Å². The molecule has 8 aliphatic rings. The lowest BCUT2D eigenvalue weighted by atomic mass is 9.68. The molecule has 4 heterocycles. The SMILES string of the molecule is C.C=S1(=O)NC(=O)c2ccc3c(c2)N(C[C@@H]2CC[C@H]2[C@@H](OCCOCCOCCOCCOC)/C=C/C[C@H](C)[C@H]1C)C[C@@]1(CCCc2cc(Cl)ccc21)CO3.CC[C@@H]1[C@@H](C)C/C=C/[C@H](OCCOC)[C@@H]2CC[C@H]2CN2C[C@@]3(CCCc4cc(Cl)ccc43)COc3ccc(cc32)C(=O)NS1(=O)=O. The number of hydrogen-bond donors (Lipinski definition) is 2. The van der Waals surface area contributed by atoms with Crippen LogP contribution in [0, 0.1) is 35.5 Å². The monoisotopic (exact) mass is 1470 g/mol. The summed E-state index contributed by atoms with van der Waals surface area (Å²) >= 11 is 12.9. The third-order valence-electron chi connectivity index (χ3n) is 22.6. The Morgan fingerprint density at radius 2 is 1.03 bits per heavy atom. The summed E-state index contributed by atoms with van der Waals surface area (Å²) < 4.78 is 99.7. The molecule has 101 heavy (non-hydrogen) atoms. The van der Waals surface area contributed by atoms with Gasteiger partial charge in [-0.05, 0) is 215 Å². The Morgan fingerprint density at radius 1 is 0.584 bits per heavy atom. The maximum absolute atomic E-state index is 13.9. The lowest BCUT2D eigenvalue weighted by molar-refractivity contribution is -0.0455. The fraction of sp³-hybridized carbons (Fsp3) is 0.608. The molecule has 4 bridgehead atoms. The van der Waals surface area contributed by atoms with Crippen LogP contribution in [0.2, 0.25) is 10.0 Å². The smallest absolute Gasteiger partial charge is 0.264 e. The number of hydrogen-bond acceptors (Lipinski definition) is 16. The Kier molecular flexibility index (Phi) is 27.7. The first-order valence-electron chi connectivity index (χ1n) is 36.4. The second-order valence-electron chi connectivity index (χ2n) is 29.1. The van der Waals surface area contributed by atoms with Gasteiger partial charge in [0.15, 0.2) is 0 Å². The van der Waals surface area contributed by atoms with E-state index in [4.69, 9.17) is 65.8 Å². The van der Waals surface area contributed by atoms with E-state index in [1.54, 1.807) is 26.4 Å². The van der Waals surface area contributed by atoms with E-state index in [2.05, 4.69) is 80.6 Å². The molecule has 22 heteroatoms. The van der Waals surface area contributed by atoms with Crippen LogP contribution in [0.25, 0.3) is 0 Å². The predicted molar refractivity (Wildman–Crippen MR) is 404 cm³/mol. The van der Waals surface area contributed by atoms with Crippen LogP contribution in [0.15, 0.2) is 97.1 Å². The third kappa shape index (κ3) is 18.9. The molecule has 4 aliphatic heterocycles. The van der Waals surface area contributed by atoms with Gasteiger partial charge in [0.25, 0.3) is 11.8 Å². The second-order valence-corrected chi connectivity index (χ2v) is 34.3. The van der Waals surface area contributed by atoms with Crippen molar-refractivity contribution in [2.75, 3.05) is 129 Å². The lowest BCUT2D eigenvalue weighted by Gasteiger charge is -2.46. The number of benzene rings is 4. The van der Waals surface area contributed by atoms with Crippen LogP contribution in [0.4, 0.5) is 11.4 Å². The molecule has 2 saturated carbocycles. The van der Waals surface area contributed by atoms with E-state index >= 15 is 0 Å². The van der Waals surface area contributed by atoms with Gasteiger partial charge in [-0.2, -0.15) is 0 Å². The average Bonchev–Trinajstić information content (AvgIpc) is 1.73. The molecule has 2 amide bonds. The highest BCUT2D eigenvalue weighted by atomic mass is 35.5. The zero-order valence-corrected chi connectivity index (χ0v) is 62.6. The molecule has 12 rings (SSSR count). The number of fused-ring (bicyclic) bond motifs is 8. The number of sulfonamides is 1. The van der Waals surface area contributed by atoms with Crippen LogP contribution in [-0.2, 0) is 76.6 Å². The number of halogens is 2. The maximum Gasteiger partial charge on any atom is 0.264 e. The zero-order chi connectivity index (χ0) is 70.6. The molecule has 18 nitrogen and oxygen atoms in total. The van der Waals surface area contributed by atoms with Gasteiger partial charge in [-0.1, -0.05) is 87.8 Å². The fourth-order valence-electron chi connectivity index (χ4n) is 16.5. The summed E-state index contributed by atoms with van der Waals surface area (Å²) in [6.45, 7) is 17.0. The average molecular weight is 1470 g/mol. The second kappa shape index (κ2) is 35.7. The van der Waals surface area contributed by atoms with Gasteiger partial charge >= 0.3 is 0 Å². The number of nitrogens with one attached hydrogen (secondary N) is 2. The number of amides is 2. The Hall–Kier alpha value is -5.23. The Bertz CT molecular complexity index is 3750. The van der Waals surface area contributed by atoms with Gasteiger partial charge in [0, 0.05) is 77.7 Å². The van der Waals surface area contributed by atoms with Crippen molar-refractivity contribution in [1.29, 1.82) is 0 Å². The van der Waals surface area contributed by atoms with Crippen LogP contribution < -0.4 is 28.7 Å². The maximum atomic E-state index is 13.9. The summed E-state index contributed by atoms with van der Waals surface area (Å²) in [4.78, 5) is 32.1. The molecule has 556 valence electrons. The van der Waals surface area contributed by atoms with Crippen LogP contribution in [0.3, 0.4) is 0 Å². The number of carbonyl (C=O) groups is 2. The summed E-state index contributed by atoms with van der Waals surface area (Å²) in [5.41, 5.74) is 7.12. The number of ether oxygens (including phenoxy) is 9. The molecule has 1 unspecified atom stereocenters. The molecule has 4 aliphatic carbocycles. The first-order valence-corrected chi connectivity index (χ1v) is 40.5. The van der Waals surface area contributed by atoms with Gasteiger partial charge in [-0.25, -0.2) is 17.3 Å². The van der Waals surface area contributed by atoms with Crippen molar-refractivity contribution in [1.82, 2.24) is 9.44 Å². The lowest BCUT2D eigenvalue weighted by Crippen LogP contribution is -2.49. The number of aryl methyl sites for hydroxylation is 2. The van der Waals surface area contributed by atoms with Crippen molar-refractivity contribution in [2.45, 2.75) is 152 Å².